The van der Waals surface area contributed by atoms with E-state index >= 15 is 0 Å². The van der Waals surface area contributed by atoms with E-state index in [0.717, 1.165) is 20.7 Å². The third kappa shape index (κ3) is 2.96. The minimum atomic E-state index is 0.686. The average molecular weight is 267 g/mol. The summed E-state index contributed by atoms with van der Waals surface area (Å²) in [7, 11) is 0. The van der Waals surface area contributed by atoms with Crippen molar-refractivity contribution in [2.24, 2.45) is 0 Å². The molecule has 1 aromatic rings. The Labute approximate surface area is 98.9 Å². The third-order valence-corrected chi connectivity index (χ3v) is 2.77. The third-order valence-electron chi connectivity index (χ3n) is 2.08. The van der Waals surface area contributed by atoms with Crippen molar-refractivity contribution in [3.8, 4) is 0 Å². The van der Waals surface area contributed by atoms with Crippen LogP contribution in [0.5, 0.6) is 0 Å². The van der Waals surface area contributed by atoms with Gasteiger partial charge in [0.05, 0.1) is 6.61 Å². The maximum atomic E-state index is 5.51. The van der Waals surface area contributed by atoms with Crippen molar-refractivity contribution in [1.82, 2.24) is 0 Å². The van der Waals surface area contributed by atoms with E-state index in [4.69, 9.17) is 4.74 Å². The zero-order valence-corrected chi connectivity index (χ0v) is 10.7. The summed E-state index contributed by atoms with van der Waals surface area (Å²) in [4.78, 5) is 0. The summed E-state index contributed by atoms with van der Waals surface area (Å²) in [6.45, 7) is 8.37. The van der Waals surface area contributed by atoms with Gasteiger partial charge in [0, 0.05) is 9.69 Å². The lowest BCUT2D eigenvalue weighted by Crippen LogP contribution is -2.28. The van der Waals surface area contributed by atoms with Crippen LogP contribution in [0.25, 0.3) is 11.8 Å². The van der Waals surface area contributed by atoms with Crippen molar-refractivity contribution in [3.05, 3.63) is 45.8 Å². The molecule has 0 radical (unpaired) electrons. The molecule has 0 N–H and O–H groups in total. The van der Waals surface area contributed by atoms with Crippen LogP contribution in [0, 0.1) is 0 Å². The van der Waals surface area contributed by atoms with Gasteiger partial charge in [0.15, 0.2) is 0 Å². The second kappa shape index (κ2) is 5.76. The highest BCUT2D eigenvalue weighted by Gasteiger charge is 1.96. The molecule has 0 heterocycles. The number of hydrogen-bond acceptors (Lipinski definition) is 1. The number of rotatable bonds is 3. The second-order valence-corrected chi connectivity index (χ2v) is 3.95. The Hall–Kier alpha value is -1.02. The SMILES string of the molecule is C=C/C=c1/c(Br)ccc/c1=C(/C)OCC. The summed E-state index contributed by atoms with van der Waals surface area (Å²) in [5.74, 6) is 0.937. The number of allylic oxidation sites excluding steroid dienone is 1. The van der Waals surface area contributed by atoms with Crippen molar-refractivity contribution in [1.29, 1.82) is 0 Å². The Bertz CT molecular complexity index is 460. The molecule has 1 aromatic carbocycles. The quantitative estimate of drug-likeness (QED) is 0.818. The lowest BCUT2D eigenvalue weighted by molar-refractivity contribution is 0.290. The molecule has 0 aliphatic heterocycles. The van der Waals surface area contributed by atoms with Crippen LogP contribution in [0.4, 0.5) is 0 Å². The highest BCUT2D eigenvalue weighted by molar-refractivity contribution is 9.10. The molecule has 0 aromatic heterocycles. The number of benzene rings is 1. The molecule has 0 bridgehead atoms. The Kier molecular flexibility index (Phi) is 4.63. The van der Waals surface area contributed by atoms with Gasteiger partial charge >= 0.3 is 0 Å². The molecule has 15 heavy (non-hydrogen) atoms. The van der Waals surface area contributed by atoms with Gasteiger partial charge in [-0.25, -0.2) is 0 Å². The van der Waals surface area contributed by atoms with Crippen molar-refractivity contribution in [3.63, 3.8) is 0 Å². The molecular weight excluding hydrogens is 252 g/mol. The molecule has 0 fully saturated rings. The Morgan fingerprint density at radius 2 is 2.27 bits per heavy atom. The van der Waals surface area contributed by atoms with Crippen LogP contribution < -0.4 is 10.4 Å². The summed E-state index contributed by atoms with van der Waals surface area (Å²) in [6, 6.07) is 6.06. The zero-order chi connectivity index (χ0) is 11.3. The average Bonchev–Trinajstić information content (AvgIpc) is 2.21. The summed E-state index contributed by atoms with van der Waals surface area (Å²) in [5, 5.41) is 2.21. The summed E-state index contributed by atoms with van der Waals surface area (Å²) in [6.07, 6.45) is 3.75. The van der Waals surface area contributed by atoms with Gasteiger partial charge in [-0.3, -0.25) is 0 Å². The predicted molar refractivity (Wildman–Crippen MR) is 68.8 cm³/mol. The number of halogens is 1. The molecule has 0 amide bonds. The van der Waals surface area contributed by atoms with E-state index in [1.807, 2.05) is 38.1 Å². The van der Waals surface area contributed by atoms with Gasteiger partial charge in [-0.1, -0.05) is 46.8 Å². The monoisotopic (exact) mass is 266 g/mol. The van der Waals surface area contributed by atoms with Crippen LogP contribution in [-0.4, -0.2) is 6.61 Å². The fourth-order valence-electron chi connectivity index (χ4n) is 1.43. The molecule has 0 saturated carbocycles. The summed E-state index contributed by atoms with van der Waals surface area (Å²) in [5.41, 5.74) is 0. The molecule has 80 valence electrons. The maximum Gasteiger partial charge on any atom is 0.101 e. The van der Waals surface area contributed by atoms with E-state index < -0.39 is 0 Å². The van der Waals surface area contributed by atoms with E-state index in [1.165, 1.54) is 0 Å². The lowest BCUT2D eigenvalue weighted by Gasteiger charge is -2.03. The van der Waals surface area contributed by atoms with Gasteiger partial charge in [0.25, 0.3) is 0 Å². The van der Waals surface area contributed by atoms with Gasteiger partial charge < -0.3 is 4.74 Å². The normalized spacial score (nSPS) is 13.7. The molecule has 1 rings (SSSR count). The molecule has 0 unspecified atom stereocenters. The molecule has 0 aliphatic carbocycles. The highest BCUT2D eigenvalue weighted by atomic mass is 79.9. The Balaban J connectivity index is 3.55. The molecule has 0 atom stereocenters. The molecule has 2 heteroatoms. The number of hydrogen-bond donors (Lipinski definition) is 0. The van der Waals surface area contributed by atoms with Crippen LogP contribution >= 0.6 is 15.9 Å². The Morgan fingerprint density at radius 1 is 1.53 bits per heavy atom. The first kappa shape index (κ1) is 12.1. The molecule has 1 nitrogen and oxygen atoms in total. The van der Waals surface area contributed by atoms with Crippen LogP contribution in [0.1, 0.15) is 13.8 Å². The van der Waals surface area contributed by atoms with E-state index in [2.05, 4.69) is 22.5 Å². The first-order valence-corrected chi connectivity index (χ1v) is 5.71. The minimum Gasteiger partial charge on any atom is -0.498 e. The first-order chi connectivity index (χ1) is 7.20. The fourth-order valence-corrected chi connectivity index (χ4v) is 1.92. The standard InChI is InChI=1S/C13H15BrO/c1-4-7-12-11(10(3)15-5-2)8-6-9-13(12)14/h4,6-9H,1,5H2,2-3H3/b11-10+,12-7+. The summed E-state index contributed by atoms with van der Waals surface area (Å²) >= 11 is 3.52. The maximum absolute atomic E-state index is 5.51. The van der Waals surface area contributed by atoms with Crippen molar-refractivity contribution >= 4 is 27.8 Å². The second-order valence-electron chi connectivity index (χ2n) is 3.09. The molecular formula is C13H15BrO. The van der Waals surface area contributed by atoms with Gasteiger partial charge in [-0.2, -0.15) is 0 Å². The van der Waals surface area contributed by atoms with Crippen molar-refractivity contribution < 1.29 is 4.74 Å². The molecule has 0 aliphatic rings. The van der Waals surface area contributed by atoms with Gasteiger partial charge in [0.2, 0.25) is 0 Å². The predicted octanol–water partition coefficient (Wildman–Crippen LogP) is 2.58. The largest absolute Gasteiger partial charge is 0.498 e. The molecule has 0 spiro atoms. The van der Waals surface area contributed by atoms with Crippen LogP contribution in [0.3, 0.4) is 0 Å². The van der Waals surface area contributed by atoms with E-state index in [0.29, 0.717) is 6.61 Å². The van der Waals surface area contributed by atoms with Crippen LogP contribution in [0.15, 0.2) is 35.3 Å². The van der Waals surface area contributed by atoms with Crippen LogP contribution in [-0.2, 0) is 4.74 Å². The topological polar surface area (TPSA) is 9.23 Å². The van der Waals surface area contributed by atoms with Crippen LogP contribution in [0.2, 0.25) is 0 Å². The smallest absolute Gasteiger partial charge is 0.101 e. The zero-order valence-electron chi connectivity index (χ0n) is 9.09. The number of ether oxygens (including phenoxy) is 1. The van der Waals surface area contributed by atoms with E-state index in [-0.39, 0.29) is 0 Å². The van der Waals surface area contributed by atoms with Gasteiger partial charge in [0.1, 0.15) is 5.76 Å². The highest BCUT2D eigenvalue weighted by Crippen LogP contribution is 2.00. The Morgan fingerprint density at radius 3 is 2.87 bits per heavy atom. The van der Waals surface area contributed by atoms with Gasteiger partial charge in [-0.15, -0.1) is 0 Å². The first-order valence-electron chi connectivity index (χ1n) is 4.91. The van der Waals surface area contributed by atoms with Crippen molar-refractivity contribution in [2.45, 2.75) is 13.8 Å². The minimum absolute atomic E-state index is 0.686. The van der Waals surface area contributed by atoms with Crippen molar-refractivity contribution in [2.75, 3.05) is 6.61 Å². The van der Waals surface area contributed by atoms with E-state index in [9.17, 15) is 0 Å². The van der Waals surface area contributed by atoms with Gasteiger partial charge in [-0.05, 0) is 25.1 Å². The summed E-state index contributed by atoms with van der Waals surface area (Å²) < 4.78 is 6.57. The lowest BCUT2D eigenvalue weighted by atomic mass is 10.2. The fraction of sp³-hybridized carbons (Fsp3) is 0.231. The molecule has 0 saturated heterocycles. The van der Waals surface area contributed by atoms with E-state index in [1.54, 1.807) is 6.08 Å².